The van der Waals surface area contributed by atoms with Crippen LogP contribution >= 0.6 is 0 Å². The van der Waals surface area contributed by atoms with Crippen LogP contribution in [0.4, 0.5) is 0 Å². The average molecular weight is 287 g/mol. The first-order chi connectivity index (χ1) is 10.1. The molecule has 1 saturated carbocycles. The highest BCUT2D eigenvalue weighted by Crippen LogP contribution is 2.30. The number of aryl methyl sites for hydroxylation is 2. The summed E-state index contributed by atoms with van der Waals surface area (Å²) in [6.07, 6.45) is 5.96. The van der Waals surface area contributed by atoms with Crippen LogP contribution in [0.25, 0.3) is 0 Å². The van der Waals surface area contributed by atoms with Gasteiger partial charge in [-0.1, -0.05) is 18.2 Å². The summed E-state index contributed by atoms with van der Waals surface area (Å²) in [6, 6.07) is 6.25. The Morgan fingerprint density at radius 3 is 2.67 bits per heavy atom. The lowest BCUT2D eigenvalue weighted by molar-refractivity contribution is -0.144. The fraction of sp³-hybridized carbons (Fsp3) is 0.529. The van der Waals surface area contributed by atoms with Gasteiger partial charge in [0.05, 0.1) is 6.42 Å². The number of nitrogens with zero attached hydrogens (tertiary/aromatic N) is 1. The molecule has 0 atom stereocenters. The highest BCUT2D eigenvalue weighted by Gasteiger charge is 2.28. The summed E-state index contributed by atoms with van der Waals surface area (Å²) in [4.78, 5) is 24.8. The lowest BCUT2D eigenvalue weighted by atomic mass is 10.0. The van der Waals surface area contributed by atoms with Crippen LogP contribution in [0.1, 0.15) is 36.0 Å². The van der Waals surface area contributed by atoms with Crippen LogP contribution in [0, 0.1) is 5.92 Å². The van der Waals surface area contributed by atoms with Crippen molar-refractivity contribution in [3.63, 3.8) is 0 Å². The fourth-order valence-electron chi connectivity index (χ4n) is 3.05. The van der Waals surface area contributed by atoms with Gasteiger partial charge in [0.15, 0.2) is 0 Å². The summed E-state index contributed by atoms with van der Waals surface area (Å²) in [6.45, 7) is 0.413. The van der Waals surface area contributed by atoms with E-state index < -0.39 is 5.97 Å². The van der Waals surface area contributed by atoms with Gasteiger partial charge in [0, 0.05) is 6.54 Å². The molecule has 0 bridgehead atoms. The molecule has 1 aromatic rings. The molecule has 0 radical (unpaired) electrons. The maximum Gasteiger partial charge on any atom is 0.323 e. The number of amides is 1. The highest BCUT2D eigenvalue weighted by molar-refractivity contribution is 5.83. The van der Waals surface area contributed by atoms with Crippen molar-refractivity contribution in [1.82, 2.24) is 4.90 Å². The van der Waals surface area contributed by atoms with Crippen LogP contribution in [-0.4, -0.2) is 35.0 Å². The molecule has 2 aliphatic carbocycles. The molecule has 4 heteroatoms. The van der Waals surface area contributed by atoms with Crippen LogP contribution in [0.5, 0.6) is 0 Å². The van der Waals surface area contributed by atoms with Crippen LogP contribution in [0.15, 0.2) is 18.2 Å². The van der Waals surface area contributed by atoms with E-state index in [0.29, 0.717) is 18.9 Å². The topological polar surface area (TPSA) is 57.6 Å². The number of aliphatic carboxylic acids is 1. The smallest absolute Gasteiger partial charge is 0.323 e. The molecule has 0 spiro atoms. The quantitative estimate of drug-likeness (QED) is 0.871. The Morgan fingerprint density at radius 1 is 1.19 bits per heavy atom. The summed E-state index contributed by atoms with van der Waals surface area (Å²) in [7, 11) is 0. The van der Waals surface area contributed by atoms with Crippen LogP contribution < -0.4 is 0 Å². The first-order valence-electron chi connectivity index (χ1n) is 7.72. The molecule has 1 fully saturated rings. The molecule has 1 amide bonds. The van der Waals surface area contributed by atoms with E-state index in [-0.39, 0.29) is 12.5 Å². The van der Waals surface area contributed by atoms with Gasteiger partial charge in [0.25, 0.3) is 0 Å². The van der Waals surface area contributed by atoms with Gasteiger partial charge in [0.1, 0.15) is 6.54 Å². The molecule has 4 nitrogen and oxygen atoms in total. The van der Waals surface area contributed by atoms with E-state index in [4.69, 9.17) is 5.11 Å². The molecule has 2 aliphatic rings. The zero-order valence-electron chi connectivity index (χ0n) is 12.2. The third kappa shape index (κ3) is 3.63. The Balaban J connectivity index is 1.66. The number of hydrogen-bond acceptors (Lipinski definition) is 2. The van der Waals surface area contributed by atoms with Gasteiger partial charge in [-0.25, -0.2) is 0 Å². The fourth-order valence-corrected chi connectivity index (χ4v) is 3.05. The number of carboxylic acids is 1. The minimum absolute atomic E-state index is 0.0674. The second-order valence-corrected chi connectivity index (χ2v) is 6.24. The van der Waals surface area contributed by atoms with E-state index in [2.05, 4.69) is 12.1 Å². The molecule has 0 saturated heterocycles. The van der Waals surface area contributed by atoms with Crippen molar-refractivity contribution in [1.29, 1.82) is 0 Å². The Kier molecular flexibility index (Phi) is 3.95. The maximum atomic E-state index is 12.4. The summed E-state index contributed by atoms with van der Waals surface area (Å²) < 4.78 is 0. The normalized spacial score (nSPS) is 16.6. The lowest BCUT2D eigenvalue weighted by Gasteiger charge is -2.20. The Hall–Kier alpha value is -1.84. The summed E-state index contributed by atoms with van der Waals surface area (Å²) in [5.41, 5.74) is 3.76. The molecule has 3 rings (SSSR count). The van der Waals surface area contributed by atoms with Gasteiger partial charge in [-0.2, -0.15) is 0 Å². The molecular formula is C17H21NO3. The third-order valence-electron chi connectivity index (χ3n) is 4.37. The zero-order valence-corrected chi connectivity index (χ0v) is 12.2. The van der Waals surface area contributed by atoms with Gasteiger partial charge in [-0.05, 0) is 54.7 Å². The van der Waals surface area contributed by atoms with Crippen LogP contribution in [0.3, 0.4) is 0 Å². The Bertz CT molecular complexity index is 563. The number of hydrogen-bond donors (Lipinski definition) is 1. The van der Waals surface area contributed by atoms with Gasteiger partial charge in [-0.3, -0.25) is 9.59 Å². The Morgan fingerprint density at radius 2 is 1.95 bits per heavy atom. The van der Waals surface area contributed by atoms with E-state index in [1.807, 2.05) is 6.07 Å². The van der Waals surface area contributed by atoms with Crippen molar-refractivity contribution in [2.45, 2.75) is 38.5 Å². The summed E-state index contributed by atoms with van der Waals surface area (Å²) >= 11 is 0. The summed E-state index contributed by atoms with van der Waals surface area (Å²) in [5, 5.41) is 8.97. The predicted molar refractivity (Wildman–Crippen MR) is 79.1 cm³/mol. The number of fused-ring (bicyclic) bond motifs is 1. The number of benzene rings is 1. The van der Waals surface area contributed by atoms with Gasteiger partial charge >= 0.3 is 5.97 Å². The molecule has 0 aromatic heterocycles. The number of carboxylic acid groups (broad SMARTS) is 1. The number of carbonyl (C=O) groups excluding carboxylic acids is 1. The standard InChI is InChI=1S/C17H21NO3/c19-16(18(11-17(20)21)10-12-4-5-12)9-13-6-7-14-2-1-3-15(14)8-13/h6-8,12H,1-5,9-11H2,(H,20,21). The molecule has 0 aliphatic heterocycles. The van der Waals surface area contributed by atoms with Crippen molar-refractivity contribution < 1.29 is 14.7 Å². The summed E-state index contributed by atoms with van der Waals surface area (Å²) in [5.74, 6) is -0.492. The van der Waals surface area contributed by atoms with E-state index in [1.165, 1.54) is 22.4 Å². The molecular weight excluding hydrogens is 266 g/mol. The minimum Gasteiger partial charge on any atom is -0.480 e. The largest absolute Gasteiger partial charge is 0.480 e. The lowest BCUT2D eigenvalue weighted by Crippen LogP contribution is -2.38. The highest BCUT2D eigenvalue weighted by atomic mass is 16.4. The second-order valence-electron chi connectivity index (χ2n) is 6.24. The van der Waals surface area contributed by atoms with Crippen LogP contribution in [0.2, 0.25) is 0 Å². The van der Waals surface area contributed by atoms with Crippen molar-refractivity contribution in [3.05, 3.63) is 34.9 Å². The minimum atomic E-state index is -0.932. The van der Waals surface area contributed by atoms with Crippen molar-refractivity contribution in [3.8, 4) is 0 Å². The van der Waals surface area contributed by atoms with Gasteiger partial charge in [-0.15, -0.1) is 0 Å². The molecule has 1 aromatic carbocycles. The van der Waals surface area contributed by atoms with Crippen molar-refractivity contribution >= 4 is 11.9 Å². The Labute approximate surface area is 124 Å². The number of carbonyl (C=O) groups is 2. The number of rotatable bonds is 6. The van der Waals surface area contributed by atoms with Gasteiger partial charge in [0.2, 0.25) is 5.91 Å². The predicted octanol–water partition coefficient (Wildman–Crippen LogP) is 2.04. The van der Waals surface area contributed by atoms with E-state index in [0.717, 1.165) is 31.2 Å². The first kappa shape index (κ1) is 14.1. The van der Waals surface area contributed by atoms with Crippen molar-refractivity contribution in [2.75, 3.05) is 13.1 Å². The maximum absolute atomic E-state index is 12.4. The molecule has 21 heavy (non-hydrogen) atoms. The van der Waals surface area contributed by atoms with Gasteiger partial charge < -0.3 is 10.0 Å². The van der Waals surface area contributed by atoms with Crippen LogP contribution in [-0.2, 0) is 28.9 Å². The average Bonchev–Trinajstić information content (AvgIpc) is 3.13. The first-order valence-corrected chi connectivity index (χ1v) is 7.72. The van der Waals surface area contributed by atoms with E-state index in [9.17, 15) is 9.59 Å². The molecule has 1 N–H and O–H groups in total. The SMILES string of the molecule is O=C(O)CN(CC1CC1)C(=O)Cc1ccc2c(c1)CCC2. The monoisotopic (exact) mass is 287 g/mol. The molecule has 112 valence electrons. The van der Waals surface area contributed by atoms with E-state index >= 15 is 0 Å². The zero-order chi connectivity index (χ0) is 14.8. The molecule has 0 heterocycles. The second kappa shape index (κ2) is 5.88. The van der Waals surface area contributed by atoms with E-state index in [1.54, 1.807) is 0 Å². The molecule has 0 unspecified atom stereocenters. The third-order valence-corrected chi connectivity index (χ3v) is 4.37. The van der Waals surface area contributed by atoms with Crippen molar-refractivity contribution in [2.24, 2.45) is 5.92 Å².